The molecule has 12 heteroatoms. The normalized spacial score (nSPS) is 16.1. The van der Waals surface area contributed by atoms with Gasteiger partial charge in [-0.1, -0.05) is 30.3 Å². The molecule has 3 N–H and O–H groups in total. The van der Waals surface area contributed by atoms with Crippen molar-refractivity contribution in [2.24, 2.45) is 7.05 Å². The lowest BCUT2D eigenvalue weighted by atomic mass is 10.0. The van der Waals surface area contributed by atoms with E-state index in [1.165, 1.54) is 5.56 Å². The van der Waals surface area contributed by atoms with Gasteiger partial charge in [0.2, 0.25) is 0 Å². The predicted molar refractivity (Wildman–Crippen MR) is 112 cm³/mol. The van der Waals surface area contributed by atoms with Crippen LogP contribution in [0.5, 0.6) is 0 Å². The molecule has 1 fully saturated rings. The molecule has 0 spiro atoms. The predicted octanol–water partition coefficient (Wildman–Crippen LogP) is 2.10. The lowest BCUT2D eigenvalue weighted by molar-refractivity contribution is -0.192. The van der Waals surface area contributed by atoms with E-state index in [1.807, 2.05) is 42.4 Å². The Bertz CT molecular complexity index is 1080. The number of carbonyl (C=O) groups is 2. The van der Waals surface area contributed by atoms with Crippen LogP contribution in [0.3, 0.4) is 0 Å². The Kier molecular flexibility index (Phi) is 7.48. The summed E-state index contributed by atoms with van der Waals surface area (Å²) in [6.45, 7) is 2.16. The number of nitrogens with zero attached hydrogens (tertiary/aromatic N) is 4. The number of aromatic nitrogens is 4. The zero-order valence-electron chi connectivity index (χ0n) is 17.7. The van der Waals surface area contributed by atoms with E-state index in [1.54, 1.807) is 10.9 Å². The van der Waals surface area contributed by atoms with Crippen LogP contribution in [0.4, 0.5) is 13.2 Å². The Hall–Kier alpha value is -3.67. The largest absolute Gasteiger partial charge is 0.490 e. The summed E-state index contributed by atoms with van der Waals surface area (Å²) in [5, 5.41) is 22.0. The van der Waals surface area contributed by atoms with Gasteiger partial charge in [-0.15, -0.1) is 0 Å². The Balaban J connectivity index is 0.000000383. The maximum atomic E-state index is 13.1. The second kappa shape index (κ2) is 10.3. The van der Waals surface area contributed by atoms with Gasteiger partial charge in [-0.3, -0.25) is 14.6 Å². The van der Waals surface area contributed by atoms with Crippen molar-refractivity contribution in [3.63, 3.8) is 0 Å². The van der Waals surface area contributed by atoms with Crippen LogP contribution in [0.2, 0.25) is 0 Å². The molecule has 0 aliphatic carbocycles. The number of aromatic amines is 1. The van der Waals surface area contributed by atoms with Crippen molar-refractivity contribution in [3.8, 4) is 11.4 Å². The van der Waals surface area contributed by atoms with E-state index < -0.39 is 12.1 Å². The van der Waals surface area contributed by atoms with Crippen LogP contribution in [0, 0.1) is 0 Å². The number of H-pyrrole nitrogens is 1. The van der Waals surface area contributed by atoms with Crippen molar-refractivity contribution < 1.29 is 27.9 Å². The zero-order valence-corrected chi connectivity index (χ0v) is 17.7. The average Bonchev–Trinajstić information content (AvgIpc) is 3.43. The first-order chi connectivity index (χ1) is 15.6. The number of rotatable bonds is 4. The summed E-state index contributed by atoms with van der Waals surface area (Å²) >= 11 is 0. The molecular weight excluding hydrogens is 441 g/mol. The highest BCUT2D eigenvalue weighted by Crippen LogP contribution is 2.21. The smallest absolute Gasteiger partial charge is 0.475 e. The Morgan fingerprint density at radius 3 is 2.52 bits per heavy atom. The third kappa shape index (κ3) is 6.42. The lowest BCUT2D eigenvalue weighted by Gasteiger charge is -2.33. The standard InChI is InChI=1S/C19H22N6O.C2HF3O2/c1-24-9-7-17(23-24)18-16(12-21-22-18)19(26)25-10-8-20-15(13-25)11-14-5-3-2-4-6-14;3-2(4,5)1(6)7/h2-7,9,12,15,20H,8,10-11,13H2,1H3,(H,21,22);(H,6,7). The van der Waals surface area contributed by atoms with Gasteiger partial charge in [0.1, 0.15) is 5.69 Å². The van der Waals surface area contributed by atoms with Crippen molar-refractivity contribution >= 4 is 11.9 Å². The van der Waals surface area contributed by atoms with Gasteiger partial charge in [-0.05, 0) is 18.1 Å². The first-order valence-electron chi connectivity index (χ1n) is 10.0. The molecular formula is C21H23F3N6O3. The summed E-state index contributed by atoms with van der Waals surface area (Å²) in [7, 11) is 1.85. The highest BCUT2D eigenvalue weighted by molar-refractivity contribution is 5.99. The third-order valence-corrected chi connectivity index (χ3v) is 4.95. The average molecular weight is 464 g/mol. The molecule has 1 atom stereocenters. The van der Waals surface area contributed by atoms with Gasteiger partial charge < -0.3 is 15.3 Å². The van der Waals surface area contributed by atoms with Crippen LogP contribution < -0.4 is 5.32 Å². The van der Waals surface area contributed by atoms with Crippen molar-refractivity contribution in [3.05, 3.63) is 59.9 Å². The molecule has 0 radical (unpaired) electrons. The van der Waals surface area contributed by atoms with E-state index >= 15 is 0 Å². The molecule has 0 bridgehead atoms. The number of benzene rings is 1. The number of hydrogen-bond donors (Lipinski definition) is 3. The molecule has 0 saturated carbocycles. The summed E-state index contributed by atoms with van der Waals surface area (Å²) in [6.07, 6.45) is -0.727. The number of nitrogens with one attached hydrogen (secondary N) is 2. The third-order valence-electron chi connectivity index (χ3n) is 4.95. The van der Waals surface area contributed by atoms with E-state index in [9.17, 15) is 18.0 Å². The van der Waals surface area contributed by atoms with Gasteiger partial charge in [0.25, 0.3) is 5.91 Å². The molecule has 1 unspecified atom stereocenters. The van der Waals surface area contributed by atoms with E-state index in [0.717, 1.165) is 18.7 Å². The zero-order chi connectivity index (χ0) is 24.0. The number of alkyl halides is 3. The van der Waals surface area contributed by atoms with Gasteiger partial charge in [-0.2, -0.15) is 23.4 Å². The van der Waals surface area contributed by atoms with Crippen molar-refractivity contribution in [1.82, 2.24) is 30.2 Å². The van der Waals surface area contributed by atoms with Crippen LogP contribution in [0.15, 0.2) is 48.8 Å². The maximum Gasteiger partial charge on any atom is 0.490 e. The van der Waals surface area contributed by atoms with Crippen molar-refractivity contribution in [2.45, 2.75) is 18.6 Å². The number of amides is 1. The van der Waals surface area contributed by atoms with Gasteiger partial charge in [0.05, 0.1) is 17.5 Å². The Morgan fingerprint density at radius 2 is 1.91 bits per heavy atom. The highest BCUT2D eigenvalue weighted by Gasteiger charge is 2.38. The van der Waals surface area contributed by atoms with Crippen LogP contribution in [-0.4, -0.2) is 73.7 Å². The second-order valence-corrected chi connectivity index (χ2v) is 7.43. The van der Waals surface area contributed by atoms with E-state index in [0.29, 0.717) is 24.3 Å². The molecule has 4 rings (SSSR count). The van der Waals surface area contributed by atoms with Crippen molar-refractivity contribution in [2.75, 3.05) is 19.6 Å². The number of aliphatic carboxylic acids is 1. The highest BCUT2D eigenvalue weighted by atomic mass is 19.4. The number of aryl methyl sites for hydroxylation is 1. The van der Waals surface area contributed by atoms with Crippen LogP contribution in [0.25, 0.3) is 11.4 Å². The molecule has 3 heterocycles. The lowest BCUT2D eigenvalue weighted by Crippen LogP contribution is -2.53. The summed E-state index contributed by atoms with van der Waals surface area (Å²) in [4.78, 5) is 23.9. The minimum Gasteiger partial charge on any atom is -0.475 e. The van der Waals surface area contributed by atoms with Gasteiger partial charge in [0, 0.05) is 38.9 Å². The Labute approximate surface area is 187 Å². The van der Waals surface area contributed by atoms with Crippen LogP contribution in [0.1, 0.15) is 15.9 Å². The SMILES string of the molecule is Cn1ccc(-c2[nH]ncc2C(=O)N2CCNC(Cc3ccccc3)C2)n1.O=C(O)C(F)(F)F. The van der Waals surface area contributed by atoms with Crippen molar-refractivity contribution in [1.29, 1.82) is 0 Å². The fraction of sp³-hybridized carbons (Fsp3) is 0.333. The molecule has 2 aromatic heterocycles. The monoisotopic (exact) mass is 464 g/mol. The van der Waals surface area contributed by atoms with Gasteiger partial charge in [0.15, 0.2) is 0 Å². The van der Waals surface area contributed by atoms with Crippen LogP contribution >= 0.6 is 0 Å². The van der Waals surface area contributed by atoms with E-state index in [-0.39, 0.29) is 11.9 Å². The minimum atomic E-state index is -5.08. The molecule has 9 nitrogen and oxygen atoms in total. The van der Waals surface area contributed by atoms with E-state index in [2.05, 4.69) is 32.7 Å². The molecule has 1 aromatic carbocycles. The topological polar surface area (TPSA) is 116 Å². The molecule has 176 valence electrons. The number of piperazine rings is 1. The number of carboxylic acid groups (broad SMARTS) is 1. The fourth-order valence-corrected chi connectivity index (χ4v) is 3.41. The summed E-state index contributed by atoms with van der Waals surface area (Å²) < 4.78 is 33.4. The summed E-state index contributed by atoms with van der Waals surface area (Å²) in [6, 6.07) is 12.5. The van der Waals surface area contributed by atoms with Gasteiger partial charge in [-0.25, -0.2) is 4.79 Å². The van der Waals surface area contributed by atoms with Crippen LogP contribution in [-0.2, 0) is 18.3 Å². The number of halogens is 3. The first-order valence-corrected chi connectivity index (χ1v) is 10.0. The molecule has 1 aliphatic heterocycles. The molecule has 1 amide bonds. The molecule has 1 aliphatic rings. The Morgan fingerprint density at radius 1 is 1.21 bits per heavy atom. The second-order valence-electron chi connectivity index (χ2n) is 7.43. The van der Waals surface area contributed by atoms with Gasteiger partial charge >= 0.3 is 12.1 Å². The maximum absolute atomic E-state index is 13.1. The quantitative estimate of drug-likeness (QED) is 0.545. The van der Waals surface area contributed by atoms with E-state index in [4.69, 9.17) is 9.90 Å². The number of hydrogen-bond acceptors (Lipinski definition) is 5. The minimum absolute atomic E-state index is 0.000959. The summed E-state index contributed by atoms with van der Waals surface area (Å²) in [5.74, 6) is -2.76. The molecule has 3 aromatic rings. The fourth-order valence-electron chi connectivity index (χ4n) is 3.41. The first kappa shape index (κ1) is 24.0. The molecule has 1 saturated heterocycles. The number of carboxylic acids is 1. The summed E-state index contributed by atoms with van der Waals surface area (Å²) in [5.41, 5.74) is 3.25. The number of carbonyl (C=O) groups excluding carboxylic acids is 1. The molecule has 33 heavy (non-hydrogen) atoms.